The van der Waals surface area contributed by atoms with Gasteiger partial charge in [0.15, 0.2) is 0 Å². The number of likely N-dealkylation sites (tertiary alicyclic amines) is 1. The highest BCUT2D eigenvalue weighted by atomic mass is 19.4. The van der Waals surface area contributed by atoms with E-state index in [-0.39, 0.29) is 61.0 Å². The second-order valence-electron chi connectivity index (χ2n) is 11.8. The second kappa shape index (κ2) is 14.1. The molecule has 2 aliphatic heterocycles. The molecule has 2 aliphatic rings. The first-order chi connectivity index (χ1) is 20.4. The quantitative estimate of drug-likeness (QED) is 0.235. The number of aliphatic carboxylic acids is 1. The summed E-state index contributed by atoms with van der Waals surface area (Å²) in [7, 11) is 0. The molecule has 236 valence electrons. The van der Waals surface area contributed by atoms with Gasteiger partial charge in [0, 0.05) is 19.0 Å². The smallest absolute Gasteiger partial charge is 0.416 e. The van der Waals surface area contributed by atoms with Gasteiger partial charge in [-0.05, 0) is 98.5 Å². The van der Waals surface area contributed by atoms with Crippen molar-refractivity contribution in [3.63, 3.8) is 0 Å². The molecule has 1 unspecified atom stereocenters. The van der Waals surface area contributed by atoms with Gasteiger partial charge in [-0.2, -0.15) is 13.2 Å². The van der Waals surface area contributed by atoms with Crippen LogP contribution < -0.4 is 10.1 Å². The summed E-state index contributed by atoms with van der Waals surface area (Å²) >= 11 is 0. The molecule has 11 heteroatoms. The fourth-order valence-electron chi connectivity index (χ4n) is 6.05. The van der Waals surface area contributed by atoms with E-state index < -0.39 is 23.3 Å². The maximum absolute atomic E-state index is 13.6. The largest absolute Gasteiger partial charge is 0.494 e. The number of alkyl halides is 3. The van der Waals surface area contributed by atoms with Crippen LogP contribution in [-0.2, 0) is 27.0 Å². The van der Waals surface area contributed by atoms with Crippen LogP contribution in [0.25, 0.3) is 0 Å². The first-order valence-electron chi connectivity index (χ1n) is 14.8. The molecule has 7 nitrogen and oxygen atoms in total. The Morgan fingerprint density at radius 2 is 1.81 bits per heavy atom. The molecule has 2 aromatic carbocycles. The van der Waals surface area contributed by atoms with Gasteiger partial charge in [0.05, 0.1) is 18.8 Å². The minimum absolute atomic E-state index is 0.0389. The molecular formula is C32H40F4N2O5. The summed E-state index contributed by atoms with van der Waals surface area (Å²) in [6.45, 7) is 5.76. The maximum atomic E-state index is 13.6. The molecule has 2 heterocycles. The minimum Gasteiger partial charge on any atom is -0.494 e. The molecule has 2 atom stereocenters. The van der Waals surface area contributed by atoms with Gasteiger partial charge in [-0.1, -0.05) is 26.0 Å². The summed E-state index contributed by atoms with van der Waals surface area (Å²) in [5, 5.41) is 11.6. The highest BCUT2D eigenvalue weighted by Crippen LogP contribution is 2.37. The first kappa shape index (κ1) is 32.7. The summed E-state index contributed by atoms with van der Waals surface area (Å²) in [6, 6.07) is 10.1. The zero-order valence-electron chi connectivity index (χ0n) is 24.6. The van der Waals surface area contributed by atoms with Crippen molar-refractivity contribution in [3.8, 4) is 5.75 Å². The van der Waals surface area contributed by atoms with E-state index in [9.17, 15) is 27.2 Å². The molecule has 43 heavy (non-hydrogen) atoms. The summed E-state index contributed by atoms with van der Waals surface area (Å²) in [4.78, 5) is 26.6. The molecular weight excluding hydrogens is 568 g/mol. The molecule has 0 spiro atoms. The van der Waals surface area contributed by atoms with Crippen LogP contribution in [0.3, 0.4) is 0 Å². The zero-order chi connectivity index (χ0) is 31.2. The molecule has 2 fully saturated rings. The number of halogens is 4. The van der Waals surface area contributed by atoms with Crippen molar-refractivity contribution >= 4 is 11.9 Å². The summed E-state index contributed by atoms with van der Waals surface area (Å²) in [5.41, 5.74) is -0.645. The molecule has 0 saturated carbocycles. The van der Waals surface area contributed by atoms with E-state index in [2.05, 4.69) is 10.2 Å². The van der Waals surface area contributed by atoms with Crippen molar-refractivity contribution in [2.75, 3.05) is 26.3 Å². The molecule has 2 saturated heterocycles. The topological polar surface area (TPSA) is 88.1 Å². The number of nitrogens with zero attached hydrogens (tertiary/aromatic N) is 1. The average molecular weight is 609 g/mol. The Bertz CT molecular complexity index is 1240. The number of carbonyl (C=O) groups excluding carboxylic acids is 1. The Kier molecular flexibility index (Phi) is 10.7. The van der Waals surface area contributed by atoms with Crippen LogP contribution in [-0.4, -0.2) is 59.8 Å². The summed E-state index contributed by atoms with van der Waals surface area (Å²) < 4.78 is 65.7. The van der Waals surface area contributed by atoms with E-state index in [4.69, 9.17) is 14.6 Å². The number of piperidine rings is 1. The highest BCUT2D eigenvalue weighted by molar-refractivity contribution is 5.85. The van der Waals surface area contributed by atoms with Crippen LogP contribution in [0.15, 0.2) is 42.5 Å². The van der Waals surface area contributed by atoms with E-state index in [1.54, 1.807) is 0 Å². The van der Waals surface area contributed by atoms with Crippen molar-refractivity contribution < 1.29 is 41.7 Å². The lowest BCUT2D eigenvalue weighted by Crippen LogP contribution is -2.58. The predicted octanol–water partition coefficient (Wildman–Crippen LogP) is 6.16. The van der Waals surface area contributed by atoms with E-state index in [1.165, 1.54) is 18.2 Å². The Balaban J connectivity index is 1.34. The molecule has 0 bridgehead atoms. The molecule has 0 aliphatic carbocycles. The van der Waals surface area contributed by atoms with Crippen LogP contribution in [0.4, 0.5) is 17.6 Å². The zero-order valence-corrected chi connectivity index (χ0v) is 24.6. The normalized spacial score (nSPS) is 22.0. The number of carbonyl (C=O) groups is 2. The van der Waals surface area contributed by atoms with E-state index in [0.717, 1.165) is 50.0 Å². The minimum atomic E-state index is -4.62. The second-order valence-corrected chi connectivity index (χ2v) is 11.8. The van der Waals surface area contributed by atoms with Crippen LogP contribution >= 0.6 is 0 Å². The molecule has 4 rings (SSSR count). The lowest BCUT2D eigenvalue weighted by molar-refractivity contribution is -0.170. The standard InChI is InChI=1S/C32H40F4N2O5/c1-21(2)31(12-9-27(20-43-31)38-13-10-24(11-14-38)23-5-7-26(33)8-6-23)30(41)37-19-22-16-25(32(34,35)36)18-28(17-22)42-15-3-4-29(39)40/h5-8,16-18,21,24,27H,3-4,9-15,19-20H2,1-2H3,(H,37,41)(H,39,40)/t27?,31-/m0/s1. The van der Waals surface area contributed by atoms with E-state index in [1.807, 2.05) is 26.0 Å². The molecule has 2 N–H and O–H groups in total. The number of amides is 1. The highest BCUT2D eigenvalue weighted by Gasteiger charge is 2.47. The van der Waals surface area contributed by atoms with Gasteiger partial charge in [-0.3, -0.25) is 14.5 Å². The fourth-order valence-corrected chi connectivity index (χ4v) is 6.05. The SMILES string of the molecule is CC(C)[C@]1(C(=O)NCc2cc(OCCCC(=O)O)cc(C(F)(F)F)c2)CCC(N2CCC(c3ccc(F)cc3)CC2)CO1. The lowest BCUT2D eigenvalue weighted by atomic mass is 9.80. The first-order valence-corrected chi connectivity index (χ1v) is 14.8. The van der Waals surface area contributed by atoms with Gasteiger partial charge in [0.1, 0.15) is 17.2 Å². The van der Waals surface area contributed by atoms with Gasteiger partial charge >= 0.3 is 12.1 Å². The summed E-state index contributed by atoms with van der Waals surface area (Å²) in [5.74, 6) is -1.43. The number of benzene rings is 2. The number of rotatable bonds is 11. The van der Waals surface area contributed by atoms with Gasteiger partial charge in [-0.15, -0.1) is 0 Å². The van der Waals surface area contributed by atoms with Gasteiger partial charge < -0.3 is 19.9 Å². The average Bonchev–Trinajstić information content (AvgIpc) is 2.98. The van der Waals surface area contributed by atoms with Crippen molar-refractivity contribution in [1.82, 2.24) is 10.2 Å². The Hall–Kier alpha value is -3.18. The van der Waals surface area contributed by atoms with Crippen LogP contribution in [0.2, 0.25) is 0 Å². The summed E-state index contributed by atoms with van der Waals surface area (Å²) in [6.07, 6.45) is -1.47. The Morgan fingerprint density at radius 1 is 1.12 bits per heavy atom. The van der Waals surface area contributed by atoms with Crippen LogP contribution in [0.5, 0.6) is 5.75 Å². The van der Waals surface area contributed by atoms with Crippen molar-refractivity contribution in [2.45, 2.75) is 82.7 Å². The number of hydrogen-bond donors (Lipinski definition) is 2. The van der Waals surface area contributed by atoms with E-state index >= 15 is 0 Å². The maximum Gasteiger partial charge on any atom is 0.416 e. The molecule has 0 radical (unpaired) electrons. The monoisotopic (exact) mass is 608 g/mol. The Labute approximate surface area is 249 Å². The van der Waals surface area contributed by atoms with Crippen molar-refractivity contribution in [2.24, 2.45) is 5.92 Å². The number of carboxylic acids is 1. The number of hydrogen-bond acceptors (Lipinski definition) is 5. The number of nitrogens with one attached hydrogen (secondary N) is 1. The molecule has 1 amide bonds. The third kappa shape index (κ3) is 8.47. The van der Waals surface area contributed by atoms with Crippen LogP contribution in [0.1, 0.15) is 75.0 Å². The Morgan fingerprint density at radius 3 is 2.40 bits per heavy atom. The molecule has 0 aromatic heterocycles. The lowest BCUT2D eigenvalue weighted by Gasteiger charge is -2.46. The number of ether oxygens (including phenoxy) is 2. The fraction of sp³-hybridized carbons (Fsp3) is 0.562. The van der Waals surface area contributed by atoms with Crippen molar-refractivity contribution in [3.05, 3.63) is 65.0 Å². The van der Waals surface area contributed by atoms with Crippen LogP contribution in [0, 0.1) is 11.7 Å². The molecule has 2 aromatic rings. The van der Waals surface area contributed by atoms with E-state index in [0.29, 0.717) is 18.9 Å². The third-order valence-electron chi connectivity index (χ3n) is 8.64. The predicted molar refractivity (Wildman–Crippen MR) is 152 cm³/mol. The number of carboxylic acid groups (broad SMARTS) is 1. The van der Waals surface area contributed by atoms with Crippen molar-refractivity contribution in [1.29, 1.82) is 0 Å². The van der Waals surface area contributed by atoms with Gasteiger partial charge in [0.2, 0.25) is 0 Å². The van der Waals surface area contributed by atoms with Gasteiger partial charge in [0.25, 0.3) is 5.91 Å². The third-order valence-corrected chi connectivity index (χ3v) is 8.64. The van der Waals surface area contributed by atoms with Gasteiger partial charge in [-0.25, -0.2) is 4.39 Å².